The van der Waals surface area contributed by atoms with E-state index < -0.39 is 0 Å². The third-order valence-electron chi connectivity index (χ3n) is 2.79. The van der Waals surface area contributed by atoms with Crippen LogP contribution in [0.3, 0.4) is 0 Å². The molecule has 0 radical (unpaired) electrons. The van der Waals surface area contributed by atoms with Crippen molar-refractivity contribution >= 4 is 0 Å². The molecule has 0 aliphatic carbocycles. The lowest BCUT2D eigenvalue weighted by Crippen LogP contribution is -1.96. The van der Waals surface area contributed by atoms with E-state index in [4.69, 9.17) is 5.26 Å². The molecule has 0 spiro atoms. The maximum absolute atomic E-state index is 9.08. The molecular formula is C14H19N. The summed E-state index contributed by atoms with van der Waals surface area (Å²) in [6.07, 6.45) is 4.34. The van der Waals surface area contributed by atoms with E-state index in [0.717, 1.165) is 25.7 Å². The molecular weight excluding hydrogens is 182 g/mol. The Kier molecular flexibility index (Phi) is 4.90. The van der Waals surface area contributed by atoms with E-state index in [9.17, 15) is 0 Å². The molecule has 80 valence electrons. The number of rotatable bonds is 5. The molecule has 1 unspecified atom stereocenters. The smallest absolute Gasteiger partial charge is 0.0712 e. The summed E-state index contributed by atoms with van der Waals surface area (Å²) in [5, 5.41) is 9.08. The van der Waals surface area contributed by atoms with E-state index in [0.29, 0.717) is 0 Å². The van der Waals surface area contributed by atoms with Crippen molar-refractivity contribution in [2.75, 3.05) is 0 Å². The summed E-state index contributed by atoms with van der Waals surface area (Å²) in [4.78, 5) is 0. The first-order chi connectivity index (χ1) is 7.31. The SMILES string of the molecule is CCCCC(C#N)c1ccc(CC)cc1. The van der Waals surface area contributed by atoms with Gasteiger partial charge in [0.1, 0.15) is 0 Å². The van der Waals surface area contributed by atoms with Crippen LogP contribution in [-0.2, 0) is 6.42 Å². The first-order valence-corrected chi connectivity index (χ1v) is 5.80. The molecule has 0 N–H and O–H groups in total. The minimum absolute atomic E-state index is 0.0795. The van der Waals surface area contributed by atoms with Crippen LogP contribution in [-0.4, -0.2) is 0 Å². The van der Waals surface area contributed by atoms with Gasteiger partial charge < -0.3 is 0 Å². The van der Waals surface area contributed by atoms with E-state index >= 15 is 0 Å². The standard InChI is InChI=1S/C14H19N/c1-3-5-6-14(11-15)13-9-7-12(4-2)8-10-13/h7-10,14H,3-6H2,1-2H3. The first-order valence-electron chi connectivity index (χ1n) is 5.80. The molecule has 1 aromatic rings. The van der Waals surface area contributed by atoms with Gasteiger partial charge in [0.05, 0.1) is 12.0 Å². The van der Waals surface area contributed by atoms with Crippen molar-refractivity contribution in [1.29, 1.82) is 5.26 Å². The summed E-state index contributed by atoms with van der Waals surface area (Å²) < 4.78 is 0. The second-order valence-electron chi connectivity index (χ2n) is 3.92. The Morgan fingerprint density at radius 1 is 1.20 bits per heavy atom. The number of unbranched alkanes of at least 4 members (excludes halogenated alkanes) is 1. The first kappa shape index (κ1) is 11.8. The van der Waals surface area contributed by atoms with Gasteiger partial charge in [-0.2, -0.15) is 5.26 Å². The van der Waals surface area contributed by atoms with Gasteiger partial charge in [-0.3, -0.25) is 0 Å². The lowest BCUT2D eigenvalue weighted by molar-refractivity contribution is 0.671. The van der Waals surface area contributed by atoms with Crippen LogP contribution in [0, 0.1) is 11.3 Å². The summed E-state index contributed by atoms with van der Waals surface area (Å²) in [5.74, 6) is 0.0795. The number of hydrogen-bond acceptors (Lipinski definition) is 1. The van der Waals surface area contributed by atoms with Crippen LogP contribution in [0.5, 0.6) is 0 Å². The molecule has 0 saturated heterocycles. The molecule has 15 heavy (non-hydrogen) atoms. The quantitative estimate of drug-likeness (QED) is 0.705. The van der Waals surface area contributed by atoms with Crippen molar-refractivity contribution < 1.29 is 0 Å². The van der Waals surface area contributed by atoms with Crippen LogP contribution in [0.4, 0.5) is 0 Å². The Morgan fingerprint density at radius 3 is 2.33 bits per heavy atom. The highest BCUT2D eigenvalue weighted by Crippen LogP contribution is 2.21. The molecule has 1 heteroatoms. The van der Waals surface area contributed by atoms with E-state index in [1.165, 1.54) is 11.1 Å². The number of aryl methyl sites for hydroxylation is 1. The van der Waals surface area contributed by atoms with Crippen molar-refractivity contribution in [2.45, 2.75) is 45.4 Å². The molecule has 1 nitrogen and oxygen atoms in total. The average molecular weight is 201 g/mol. The van der Waals surface area contributed by atoms with Gasteiger partial charge in [-0.25, -0.2) is 0 Å². The topological polar surface area (TPSA) is 23.8 Å². The van der Waals surface area contributed by atoms with Crippen molar-refractivity contribution in [3.63, 3.8) is 0 Å². The summed E-state index contributed by atoms with van der Waals surface area (Å²) in [7, 11) is 0. The molecule has 0 aromatic heterocycles. The second kappa shape index (κ2) is 6.24. The fraction of sp³-hybridized carbons (Fsp3) is 0.500. The predicted octanol–water partition coefficient (Wildman–Crippen LogP) is 4.05. The lowest BCUT2D eigenvalue weighted by atomic mass is 9.94. The molecule has 0 aliphatic rings. The van der Waals surface area contributed by atoms with E-state index in [1.807, 2.05) is 0 Å². The highest BCUT2D eigenvalue weighted by molar-refractivity contribution is 5.28. The van der Waals surface area contributed by atoms with E-state index in [2.05, 4.69) is 44.2 Å². The zero-order valence-corrected chi connectivity index (χ0v) is 9.66. The van der Waals surface area contributed by atoms with Crippen molar-refractivity contribution in [1.82, 2.24) is 0 Å². The Hall–Kier alpha value is -1.29. The Bertz CT molecular complexity index is 318. The van der Waals surface area contributed by atoms with Gasteiger partial charge in [-0.15, -0.1) is 0 Å². The molecule has 0 amide bonds. The van der Waals surface area contributed by atoms with E-state index in [1.54, 1.807) is 0 Å². The summed E-state index contributed by atoms with van der Waals surface area (Å²) in [6, 6.07) is 10.9. The lowest BCUT2D eigenvalue weighted by Gasteiger charge is -2.09. The zero-order valence-electron chi connectivity index (χ0n) is 9.66. The second-order valence-corrected chi connectivity index (χ2v) is 3.92. The van der Waals surface area contributed by atoms with Crippen LogP contribution in [0.15, 0.2) is 24.3 Å². The zero-order chi connectivity index (χ0) is 11.1. The number of nitriles is 1. The molecule has 1 aromatic carbocycles. The molecule has 0 bridgehead atoms. The monoisotopic (exact) mass is 201 g/mol. The molecule has 1 atom stereocenters. The van der Waals surface area contributed by atoms with Crippen LogP contribution in [0.2, 0.25) is 0 Å². The summed E-state index contributed by atoms with van der Waals surface area (Å²) in [5.41, 5.74) is 2.51. The van der Waals surface area contributed by atoms with Crippen molar-refractivity contribution in [3.8, 4) is 6.07 Å². The molecule has 0 saturated carbocycles. The highest BCUT2D eigenvalue weighted by Gasteiger charge is 2.08. The van der Waals surface area contributed by atoms with Gasteiger partial charge >= 0.3 is 0 Å². The van der Waals surface area contributed by atoms with Crippen molar-refractivity contribution in [3.05, 3.63) is 35.4 Å². The number of benzene rings is 1. The van der Waals surface area contributed by atoms with Crippen LogP contribution < -0.4 is 0 Å². The third-order valence-corrected chi connectivity index (χ3v) is 2.79. The summed E-state index contributed by atoms with van der Waals surface area (Å²) in [6.45, 7) is 4.31. The minimum atomic E-state index is 0.0795. The van der Waals surface area contributed by atoms with E-state index in [-0.39, 0.29) is 5.92 Å². The largest absolute Gasteiger partial charge is 0.198 e. The van der Waals surface area contributed by atoms with Gasteiger partial charge in [0.2, 0.25) is 0 Å². The Morgan fingerprint density at radius 2 is 1.87 bits per heavy atom. The van der Waals surface area contributed by atoms with Gasteiger partial charge in [-0.1, -0.05) is 51.0 Å². The highest BCUT2D eigenvalue weighted by atomic mass is 14.3. The molecule has 1 rings (SSSR count). The Balaban J connectivity index is 2.70. The minimum Gasteiger partial charge on any atom is -0.198 e. The number of nitrogens with zero attached hydrogens (tertiary/aromatic N) is 1. The number of hydrogen-bond donors (Lipinski definition) is 0. The van der Waals surface area contributed by atoms with Gasteiger partial charge in [-0.05, 0) is 24.0 Å². The molecule has 0 fully saturated rings. The third kappa shape index (κ3) is 3.40. The molecule has 0 aliphatic heterocycles. The Labute approximate surface area is 92.7 Å². The fourth-order valence-electron chi connectivity index (χ4n) is 1.70. The maximum Gasteiger partial charge on any atom is 0.0712 e. The van der Waals surface area contributed by atoms with Crippen LogP contribution in [0.1, 0.15) is 50.2 Å². The van der Waals surface area contributed by atoms with Crippen LogP contribution >= 0.6 is 0 Å². The fourth-order valence-corrected chi connectivity index (χ4v) is 1.70. The predicted molar refractivity (Wildman–Crippen MR) is 63.7 cm³/mol. The summed E-state index contributed by atoms with van der Waals surface area (Å²) >= 11 is 0. The van der Waals surface area contributed by atoms with Gasteiger partial charge in [0.25, 0.3) is 0 Å². The molecule has 0 heterocycles. The average Bonchev–Trinajstić information content (AvgIpc) is 2.31. The maximum atomic E-state index is 9.08. The van der Waals surface area contributed by atoms with Crippen molar-refractivity contribution in [2.24, 2.45) is 0 Å². The van der Waals surface area contributed by atoms with Gasteiger partial charge in [0.15, 0.2) is 0 Å². The van der Waals surface area contributed by atoms with Gasteiger partial charge in [0, 0.05) is 0 Å². The van der Waals surface area contributed by atoms with Crippen LogP contribution in [0.25, 0.3) is 0 Å². The normalized spacial score (nSPS) is 12.1.